The molecule has 3 unspecified atom stereocenters. The average Bonchev–Trinajstić information content (AvgIpc) is 3.42. The minimum absolute atomic E-state index is 0.143. The molecule has 3 N–H and O–H groups in total. The van der Waals surface area contributed by atoms with Crippen molar-refractivity contribution < 1.29 is 29.2 Å². The Kier molecular flexibility index (Phi) is 5.50. The molecule has 2 aromatic heterocycles. The van der Waals surface area contributed by atoms with E-state index in [1.165, 1.54) is 22.1 Å². The summed E-state index contributed by atoms with van der Waals surface area (Å²) in [7, 11) is 3.10. The molecule has 0 saturated carbocycles. The standard InChI is InChI=1S/C17H24N6O6/c1-22(2)17(26)28-6-10-12(24)13(25)16(29-10)23-8-20-11-14(18-7-19-15(11)23)21-9-3-4-27-5-9/h7-10,12-13,16,24-25H,3-6H2,1-2H3,(H,18,19,21)/t9?,10-,12-,13?,16?/m1/s1. The molecule has 5 atom stereocenters. The third-order valence-corrected chi connectivity index (χ3v) is 4.98. The zero-order valence-corrected chi connectivity index (χ0v) is 16.1. The summed E-state index contributed by atoms with van der Waals surface area (Å²) < 4.78 is 17.7. The van der Waals surface area contributed by atoms with E-state index < -0.39 is 30.6 Å². The van der Waals surface area contributed by atoms with Gasteiger partial charge < -0.3 is 34.6 Å². The van der Waals surface area contributed by atoms with Crippen LogP contribution in [0.2, 0.25) is 0 Å². The van der Waals surface area contributed by atoms with Gasteiger partial charge in [0.2, 0.25) is 0 Å². The maximum Gasteiger partial charge on any atom is 0.409 e. The zero-order chi connectivity index (χ0) is 20.5. The van der Waals surface area contributed by atoms with Crippen LogP contribution in [-0.4, -0.2) is 99.0 Å². The number of aromatic nitrogens is 4. The van der Waals surface area contributed by atoms with E-state index >= 15 is 0 Å². The molecule has 2 saturated heterocycles. The number of nitrogens with zero attached hydrogens (tertiary/aromatic N) is 5. The van der Waals surface area contributed by atoms with E-state index in [1.807, 2.05) is 0 Å². The number of aliphatic hydroxyl groups is 2. The third-order valence-electron chi connectivity index (χ3n) is 4.98. The number of imidazole rings is 1. The van der Waals surface area contributed by atoms with Gasteiger partial charge in [0.25, 0.3) is 0 Å². The van der Waals surface area contributed by atoms with Crippen LogP contribution in [0.5, 0.6) is 0 Å². The second kappa shape index (κ2) is 8.06. The highest BCUT2D eigenvalue weighted by Crippen LogP contribution is 2.32. The summed E-state index contributed by atoms with van der Waals surface area (Å²) in [4.78, 5) is 25.7. The highest BCUT2D eigenvalue weighted by atomic mass is 16.6. The topological polar surface area (TPSA) is 144 Å². The van der Waals surface area contributed by atoms with E-state index in [-0.39, 0.29) is 12.6 Å². The first kappa shape index (κ1) is 19.8. The van der Waals surface area contributed by atoms with E-state index in [1.54, 1.807) is 14.1 Å². The van der Waals surface area contributed by atoms with Crippen LogP contribution in [-0.2, 0) is 14.2 Å². The van der Waals surface area contributed by atoms with Gasteiger partial charge in [-0.15, -0.1) is 0 Å². The van der Waals surface area contributed by atoms with Crippen molar-refractivity contribution >= 4 is 23.1 Å². The van der Waals surface area contributed by atoms with Crippen molar-refractivity contribution in [3.63, 3.8) is 0 Å². The number of hydrogen-bond donors (Lipinski definition) is 3. The van der Waals surface area contributed by atoms with E-state index in [2.05, 4.69) is 20.3 Å². The smallest absolute Gasteiger partial charge is 0.409 e. The number of anilines is 1. The van der Waals surface area contributed by atoms with Crippen LogP contribution in [0.15, 0.2) is 12.7 Å². The lowest BCUT2D eigenvalue weighted by Crippen LogP contribution is -2.35. The number of carbonyl (C=O) groups is 1. The van der Waals surface area contributed by atoms with Crippen LogP contribution in [0.25, 0.3) is 11.2 Å². The van der Waals surface area contributed by atoms with Gasteiger partial charge in [0.15, 0.2) is 23.2 Å². The van der Waals surface area contributed by atoms with Gasteiger partial charge in [-0.3, -0.25) is 4.57 Å². The largest absolute Gasteiger partial charge is 0.447 e. The fourth-order valence-corrected chi connectivity index (χ4v) is 3.36. The Labute approximate surface area is 166 Å². The number of carbonyl (C=O) groups excluding carboxylic acids is 1. The molecule has 0 bridgehead atoms. The lowest BCUT2D eigenvalue weighted by atomic mass is 10.1. The Bertz CT molecular complexity index is 869. The molecule has 0 spiro atoms. The molecule has 0 radical (unpaired) electrons. The minimum Gasteiger partial charge on any atom is -0.447 e. The van der Waals surface area contributed by atoms with Gasteiger partial charge in [0.05, 0.1) is 19.0 Å². The number of hydrogen-bond acceptors (Lipinski definition) is 10. The van der Waals surface area contributed by atoms with Crippen LogP contribution in [0, 0.1) is 0 Å². The Morgan fingerprint density at radius 3 is 2.90 bits per heavy atom. The lowest BCUT2D eigenvalue weighted by molar-refractivity contribution is -0.0552. The number of amides is 1. The average molecular weight is 408 g/mol. The van der Waals surface area contributed by atoms with Crippen molar-refractivity contribution in [3.05, 3.63) is 12.7 Å². The molecular formula is C17H24N6O6. The monoisotopic (exact) mass is 408 g/mol. The Hall–Kier alpha value is -2.54. The predicted molar refractivity (Wildman–Crippen MR) is 99.1 cm³/mol. The van der Waals surface area contributed by atoms with Crippen molar-refractivity contribution in [1.29, 1.82) is 0 Å². The highest BCUT2D eigenvalue weighted by molar-refractivity contribution is 5.82. The Morgan fingerprint density at radius 2 is 2.17 bits per heavy atom. The molecular weight excluding hydrogens is 384 g/mol. The fraction of sp³-hybridized carbons (Fsp3) is 0.647. The number of aliphatic hydroxyl groups excluding tert-OH is 2. The van der Waals surface area contributed by atoms with Gasteiger partial charge in [-0.2, -0.15) is 0 Å². The number of nitrogens with one attached hydrogen (secondary N) is 1. The Balaban J connectivity index is 1.52. The molecule has 0 aromatic carbocycles. The number of ether oxygens (including phenoxy) is 3. The maximum absolute atomic E-state index is 11.6. The van der Waals surface area contributed by atoms with Gasteiger partial charge in [-0.1, -0.05) is 0 Å². The molecule has 158 valence electrons. The van der Waals surface area contributed by atoms with Crippen LogP contribution in [0.4, 0.5) is 10.6 Å². The molecule has 2 aromatic rings. The van der Waals surface area contributed by atoms with Gasteiger partial charge in [-0.05, 0) is 6.42 Å². The van der Waals surface area contributed by atoms with Crippen molar-refractivity contribution in [1.82, 2.24) is 24.4 Å². The Morgan fingerprint density at radius 1 is 1.34 bits per heavy atom. The molecule has 4 rings (SSSR count). The second-order valence-electron chi connectivity index (χ2n) is 7.27. The maximum atomic E-state index is 11.6. The molecule has 2 aliphatic heterocycles. The summed E-state index contributed by atoms with van der Waals surface area (Å²) >= 11 is 0. The summed E-state index contributed by atoms with van der Waals surface area (Å²) in [5.74, 6) is 0.564. The molecule has 12 heteroatoms. The van der Waals surface area contributed by atoms with Crippen LogP contribution < -0.4 is 5.32 Å². The molecule has 12 nitrogen and oxygen atoms in total. The van der Waals surface area contributed by atoms with Crippen molar-refractivity contribution in [2.45, 2.75) is 37.0 Å². The molecule has 1 amide bonds. The van der Waals surface area contributed by atoms with Crippen molar-refractivity contribution in [3.8, 4) is 0 Å². The number of fused-ring (bicyclic) bond motifs is 1. The van der Waals surface area contributed by atoms with Crippen LogP contribution >= 0.6 is 0 Å². The summed E-state index contributed by atoms with van der Waals surface area (Å²) in [6.07, 6.45) is -1.12. The second-order valence-corrected chi connectivity index (χ2v) is 7.27. The van der Waals surface area contributed by atoms with Crippen LogP contribution in [0.3, 0.4) is 0 Å². The molecule has 29 heavy (non-hydrogen) atoms. The SMILES string of the molecule is CN(C)C(=O)OC[C@H]1OC(n2cnc3c(NC4CCOC4)ncnc32)C(O)[C@@H]1O. The third kappa shape index (κ3) is 3.83. The van der Waals surface area contributed by atoms with E-state index in [0.717, 1.165) is 6.42 Å². The van der Waals surface area contributed by atoms with Gasteiger partial charge in [0.1, 0.15) is 31.2 Å². The first-order valence-corrected chi connectivity index (χ1v) is 9.33. The van der Waals surface area contributed by atoms with Crippen molar-refractivity contribution in [2.75, 3.05) is 39.2 Å². The molecule has 2 fully saturated rings. The summed E-state index contributed by atoms with van der Waals surface area (Å²) in [5.41, 5.74) is 0.968. The van der Waals surface area contributed by atoms with Crippen molar-refractivity contribution in [2.24, 2.45) is 0 Å². The molecule has 4 heterocycles. The summed E-state index contributed by atoms with van der Waals surface area (Å²) in [6, 6.07) is 0.143. The van der Waals surface area contributed by atoms with Gasteiger partial charge >= 0.3 is 6.09 Å². The summed E-state index contributed by atoms with van der Waals surface area (Å²) in [5, 5.41) is 24.1. The fourth-order valence-electron chi connectivity index (χ4n) is 3.36. The van der Waals surface area contributed by atoms with Gasteiger partial charge in [0, 0.05) is 20.7 Å². The minimum atomic E-state index is -1.25. The molecule has 0 aliphatic carbocycles. The van der Waals surface area contributed by atoms with E-state index in [0.29, 0.717) is 30.2 Å². The molecule has 2 aliphatic rings. The summed E-state index contributed by atoms with van der Waals surface area (Å²) in [6.45, 7) is 1.10. The highest BCUT2D eigenvalue weighted by Gasteiger charge is 2.45. The first-order valence-electron chi connectivity index (χ1n) is 9.33. The van der Waals surface area contributed by atoms with E-state index in [9.17, 15) is 15.0 Å². The van der Waals surface area contributed by atoms with E-state index in [4.69, 9.17) is 14.2 Å². The number of rotatable bonds is 5. The van der Waals surface area contributed by atoms with Crippen LogP contribution in [0.1, 0.15) is 12.6 Å². The normalized spacial score (nSPS) is 29.3. The lowest BCUT2D eigenvalue weighted by Gasteiger charge is -2.17. The van der Waals surface area contributed by atoms with Gasteiger partial charge in [-0.25, -0.2) is 19.7 Å². The zero-order valence-electron chi connectivity index (χ0n) is 16.1. The quantitative estimate of drug-likeness (QED) is 0.583. The predicted octanol–water partition coefficient (Wildman–Crippen LogP) is -0.655. The first-order chi connectivity index (χ1) is 14.0.